The standard InChI is InChI=1S/C12H13F3N2O2/c1-4-19-11(18)8-5-7(6(2)3)9(12(13,14)15)17-10(8)16/h5H,2,4H2,1,3H3,(H2,16,17). The molecule has 0 aromatic carbocycles. The highest BCUT2D eigenvalue weighted by Crippen LogP contribution is 2.34. The minimum absolute atomic E-state index is 0.0850. The molecule has 1 heterocycles. The molecule has 0 bridgehead atoms. The van der Waals surface area contributed by atoms with Gasteiger partial charge in [0.2, 0.25) is 0 Å². The van der Waals surface area contributed by atoms with Crippen molar-refractivity contribution in [3.63, 3.8) is 0 Å². The largest absolute Gasteiger partial charge is 0.462 e. The van der Waals surface area contributed by atoms with Crippen LogP contribution in [-0.2, 0) is 10.9 Å². The Bertz CT molecular complexity index is 524. The van der Waals surface area contributed by atoms with E-state index in [0.29, 0.717) is 0 Å². The van der Waals surface area contributed by atoms with Gasteiger partial charge in [0.1, 0.15) is 11.4 Å². The summed E-state index contributed by atoms with van der Waals surface area (Å²) < 4.78 is 43.1. The van der Waals surface area contributed by atoms with Crippen molar-refractivity contribution in [3.05, 3.63) is 29.5 Å². The summed E-state index contributed by atoms with van der Waals surface area (Å²) in [6.45, 7) is 6.49. The monoisotopic (exact) mass is 274 g/mol. The quantitative estimate of drug-likeness (QED) is 0.861. The van der Waals surface area contributed by atoms with Crippen molar-refractivity contribution >= 4 is 17.4 Å². The smallest absolute Gasteiger partial charge is 0.434 e. The molecule has 1 rings (SSSR count). The van der Waals surface area contributed by atoms with E-state index in [1.807, 2.05) is 0 Å². The molecule has 1 aromatic rings. The summed E-state index contributed by atoms with van der Waals surface area (Å²) in [5, 5.41) is 0. The molecular formula is C12H13F3N2O2. The molecule has 0 atom stereocenters. The van der Waals surface area contributed by atoms with Gasteiger partial charge in [-0.05, 0) is 25.5 Å². The Morgan fingerprint density at radius 3 is 2.47 bits per heavy atom. The second-order valence-electron chi connectivity index (χ2n) is 3.82. The van der Waals surface area contributed by atoms with E-state index in [1.54, 1.807) is 6.92 Å². The van der Waals surface area contributed by atoms with Crippen LogP contribution in [0.25, 0.3) is 5.57 Å². The van der Waals surface area contributed by atoms with Crippen LogP contribution in [-0.4, -0.2) is 17.6 Å². The van der Waals surface area contributed by atoms with Crippen molar-refractivity contribution in [1.29, 1.82) is 0 Å². The van der Waals surface area contributed by atoms with Crippen LogP contribution in [0.1, 0.15) is 35.5 Å². The second-order valence-corrected chi connectivity index (χ2v) is 3.82. The average Bonchev–Trinajstić information content (AvgIpc) is 2.27. The predicted molar refractivity (Wildman–Crippen MR) is 64.3 cm³/mol. The summed E-state index contributed by atoms with van der Waals surface area (Å²) in [5.41, 5.74) is 3.87. The summed E-state index contributed by atoms with van der Waals surface area (Å²) in [4.78, 5) is 14.8. The zero-order valence-electron chi connectivity index (χ0n) is 10.5. The van der Waals surface area contributed by atoms with Gasteiger partial charge in [-0.2, -0.15) is 13.2 Å². The molecule has 4 nitrogen and oxygen atoms in total. The number of rotatable bonds is 3. The van der Waals surface area contributed by atoms with E-state index in [0.717, 1.165) is 6.07 Å². The zero-order chi connectivity index (χ0) is 14.8. The molecule has 0 aliphatic heterocycles. The third-order valence-electron chi connectivity index (χ3n) is 2.28. The molecule has 0 unspecified atom stereocenters. The number of carbonyl (C=O) groups excluding carboxylic acids is 1. The van der Waals surface area contributed by atoms with E-state index in [4.69, 9.17) is 10.5 Å². The molecule has 1 aromatic heterocycles. The Kier molecular flexibility index (Phi) is 4.18. The molecule has 0 aliphatic carbocycles. The first-order chi connectivity index (χ1) is 8.68. The molecule has 0 saturated carbocycles. The summed E-state index contributed by atoms with van der Waals surface area (Å²) in [6.07, 6.45) is -4.67. The lowest BCUT2D eigenvalue weighted by molar-refractivity contribution is -0.141. The van der Waals surface area contributed by atoms with Crippen molar-refractivity contribution < 1.29 is 22.7 Å². The van der Waals surface area contributed by atoms with Crippen molar-refractivity contribution in [2.45, 2.75) is 20.0 Å². The third-order valence-corrected chi connectivity index (χ3v) is 2.28. The molecule has 0 saturated heterocycles. The van der Waals surface area contributed by atoms with Gasteiger partial charge in [0.25, 0.3) is 0 Å². The van der Waals surface area contributed by atoms with Gasteiger partial charge in [-0.25, -0.2) is 9.78 Å². The second kappa shape index (κ2) is 5.29. The normalized spacial score (nSPS) is 11.2. The van der Waals surface area contributed by atoms with Crippen LogP contribution in [0.3, 0.4) is 0 Å². The number of hydrogen-bond donors (Lipinski definition) is 1. The van der Waals surface area contributed by atoms with Crippen LogP contribution in [0.2, 0.25) is 0 Å². The van der Waals surface area contributed by atoms with Gasteiger partial charge in [0.05, 0.1) is 6.61 Å². The topological polar surface area (TPSA) is 65.2 Å². The SMILES string of the molecule is C=C(C)c1cc(C(=O)OCC)c(N)nc1C(F)(F)F. The van der Waals surface area contributed by atoms with Crippen molar-refractivity contribution in [1.82, 2.24) is 4.98 Å². The highest BCUT2D eigenvalue weighted by molar-refractivity contribution is 5.95. The van der Waals surface area contributed by atoms with Crippen LogP contribution < -0.4 is 5.73 Å². The molecule has 7 heteroatoms. The molecule has 0 spiro atoms. The minimum atomic E-state index is -4.67. The highest BCUT2D eigenvalue weighted by Gasteiger charge is 2.37. The van der Waals surface area contributed by atoms with E-state index >= 15 is 0 Å². The molecule has 2 N–H and O–H groups in total. The van der Waals surface area contributed by atoms with Gasteiger partial charge in [-0.1, -0.05) is 6.58 Å². The predicted octanol–water partition coefficient (Wildman–Crippen LogP) is 2.89. The molecule has 0 amide bonds. The first kappa shape index (κ1) is 15.0. The maximum atomic E-state index is 12.8. The minimum Gasteiger partial charge on any atom is -0.462 e. The molecule has 104 valence electrons. The van der Waals surface area contributed by atoms with E-state index in [-0.39, 0.29) is 23.3 Å². The first-order valence-electron chi connectivity index (χ1n) is 5.39. The van der Waals surface area contributed by atoms with Crippen LogP contribution >= 0.6 is 0 Å². The number of carbonyl (C=O) groups is 1. The number of anilines is 1. The summed E-state index contributed by atoms with van der Waals surface area (Å²) >= 11 is 0. The number of pyridine rings is 1. The molecule has 0 radical (unpaired) electrons. The number of alkyl halides is 3. The number of aromatic nitrogens is 1. The number of nitrogens with zero attached hydrogens (tertiary/aromatic N) is 1. The number of allylic oxidation sites excluding steroid dienone is 1. The Hall–Kier alpha value is -2.05. The van der Waals surface area contributed by atoms with Crippen molar-refractivity contribution in [2.75, 3.05) is 12.3 Å². The summed E-state index contributed by atoms with van der Waals surface area (Å²) in [5.74, 6) is -1.33. The number of esters is 1. The van der Waals surface area contributed by atoms with Gasteiger partial charge in [-0.3, -0.25) is 0 Å². The molecule has 0 aliphatic rings. The van der Waals surface area contributed by atoms with E-state index in [1.165, 1.54) is 6.92 Å². The van der Waals surface area contributed by atoms with E-state index < -0.39 is 23.7 Å². The lowest BCUT2D eigenvalue weighted by Gasteiger charge is -2.14. The fourth-order valence-electron chi connectivity index (χ4n) is 1.44. The van der Waals surface area contributed by atoms with Crippen molar-refractivity contribution in [3.8, 4) is 0 Å². The number of hydrogen-bond acceptors (Lipinski definition) is 4. The van der Waals surface area contributed by atoms with Gasteiger partial charge in [0, 0.05) is 5.56 Å². The number of halogens is 3. The van der Waals surface area contributed by atoms with Gasteiger partial charge in [0.15, 0.2) is 5.69 Å². The van der Waals surface area contributed by atoms with E-state index in [2.05, 4.69) is 11.6 Å². The fraction of sp³-hybridized carbons (Fsp3) is 0.333. The Balaban J connectivity index is 3.45. The maximum absolute atomic E-state index is 12.8. The van der Waals surface area contributed by atoms with Gasteiger partial charge in [-0.15, -0.1) is 0 Å². The van der Waals surface area contributed by atoms with Crippen molar-refractivity contribution in [2.24, 2.45) is 0 Å². The fourth-order valence-corrected chi connectivity index (χ4v) is 1.44. The van der Waals surface area contributed by atoms with Crippen LogP contribution in [0.5, 0.6) is 0 Å². The maximum Gasteiger partial charge on any atom is 0.434 e. The third kappa shape index (κ3) is 3.24. The number of ether oxygens (including phenoxy) is 1. The van der Waals surface area contributed by atoms with Gasteiger partial charge < -0.3 is 10.5 Å². The number of nitrogens with two attached hydrogens (primary N) is 1. The Morgan fingerprint density at radius 1 is 1.47 bits per heavy atom. The van der Waals surface area contributed by atoms with Crippen LogP contribution in [0, 0.1) is 0 Å². The van der Waals surface area contributed by atoms with Crippen LogP contribution in [0.15, 0.2) is 12.6 Å². The first-order valence-corrected chi connectivity index (χ1v) is 5.39. The van der Waals surface area contributed by atoms with E-state index in [9.17, 15) is 18.0 Å². The lowest BCUT2D eigenvalue weighted by Crippen LogP contribution is -2.17. The Labute approximate surface area is 108 Å². The van der Waals surface area contributed by atoms with Gasteiger partial charge >= 0.3 is 12.1 Å². The summed E-state index contributed by atoms with van der Waals surface area (Å²) in [6, 6.07) is 1.01. The highest BCUT2D eigenvalue weighted by atomic mass is 19.4. The van der Waals surface area contributed by atoms with Crippen LogP contribution in [0.4, 0.5) is 19.0 Å². The Morgan fingerprint density at radius 2 is 2.05 bits per heavy atom. The number of nitrogen functional groups attached to an aromatic ring is 1. The zero-order valence-corrected chi connectivity index (χ0v) is 10.5. The molecule has 0 fully saturated rings. The molecular weight excluding hydrogens is 261 g/mol. The molecule has 19 heavy (non-hydrogen) atoms. The average molecular weight is 274 g/mol. The lowest BCUT2D eigenvalue weighted by atomic mass is 10.0. The summed E-state index contributed by atoms with van der Waals surface area (Å²) in [7, 11) is 0.